The molecule has 4 nitrogen and oxygen atoms in total. The maximum atomic E-state index is 12.0. The molecule has 0 aliphatic rings. The number of ether oxygens (including phenoxy) is 1. The molecule has 0 spiro atoms. The van der Waals surface area contributed by atoms with Crippen LogP contribution in [0.2, 0.25) is 0 Å². The van der Waals surface area contributed by atoms with E-state index in [-0.39, 0.29) is 11.9 Å². The highest BCUT2D eigenvalue weighted by molar-refractivity contribution is 5.80. The van der Waals surface area contributed by atoms with E-state index < -0.39 is 6.10 Å². The molecule has 3 N–H and O–H groups in total. The van der Waals surface area contributed by atoms with E-state index >= 15 is 0 Å². The maximum absolute atomic E-state index is 12.0. The van der Waals surface area contributed by atoms with E-state index in [1.807, 2.05) is 31.2 Å². The summed E-state index contributed by atoms with van der Waals surface area (Å²) in [5, 5.41) is 2.90. The Labute approximate surface area is 128 Å². The van der Waals surface area contributed by atoms with Crippen LogP contribution in [0.15, 0.2) is 24.3 Å². The molecule has 0 aliphatic heterocycles. The van der Waals surface area contributed by atoms with Crippen molar-refractivity contribution in [1.82, 2.24) is 5.32 Å². The lowest BCUT2D eigenvalue weighted by molar-refractivity contribution is -0.127. The van der Waals surface area contributed by atoms with Crippen LogP contribution in [-0.2, 0) is 4.79 Å². The molecule has 0 heterocycles. The standard InChI is InChI=1S/C17H28N2O2/c1-4-6-9-12-19-17(20)13(3)21-16-11-8-7-10-14(16)15(18)5-2/h7-8,10-11,13,15H,4-6,9,12,18H2,1-3H3,(H,19,20)/t13?,15-/m1/s1. The van der Waals surface area contributed by atoms with E-state index in [2.05, 4.69) is 12.2 Å². The van der Waals surface area contributed by atoms with Crippen LogP contribution in [0.3, 0.4) is 0 Å². The average molecular weight is 292 g/mol. The minimum absolute atomic E-state index is 0.0685. The molecule has 0 radical (unpaired) electrons. The summed E-state index contributed by atoms with van der Waals surface area (Å²) in [7, 11) is 0. The molecule has 1 unspecified atom stereocenters. The Morgan fingerprint density at radius 1 is 1.29 bits per heavy atom. The molecule has 1 aromatic rings. The van der Waals surface area contributed by atoms with Gasteiger partial charge in [-0.05, 0) is 25.8 Å². The summed E-state index contributed by atoms with van der Waals surface area (Å²) in [6.07, 6.45) is 3.59. The fourth-order valence-electron chi connectivity index (χ4n) is 2.09. The van der Waals surface area contributed by atoms with Crippen molar-refractivity contribution in [2.45, 2.75) is 58.6 Å². The van der Waals surface area contributed by atoms with Crippen LogP contribution in [-0.4, -0.2) is 18.6 Å². The van der Waals surface area contributed by atoms with Gasteiger partial charge in [-0.3, -0.25) is 4.79 Å². The van der Waals surface area contributed by atoms with Crippen LogP contribution in [0.4, 0.5) is 0 Å². The van der Waals surface area contributed by atoms with E-state index in [1.165, 1.54) is 0 Å². The number of amides is 1. The number of carbonyl (C=O) groups is 1. The van der Waals surface area contributed by atoms with Gasteiger partial charge >= 0.3 is 0 Å². The number of carbonyl (C=O) groups excluding carboxylic acids is 1. The largest absolute Gasteiger partial charge is 0.481 e. The van der Waals surface area contributed by atoms with Gasteiger partial charge in [0.25, 0.3) is 5.91 Å². The second kappa shape index (κ2) is 9.40. The Bertz CT molecular complexity index is 435. The number of hydrogen-bond donors (Lipinski definition) is 2. The van der Waals surface area contributed by atoms with Gasteiger partial charge in [-0.1, -0.05) is 44.9 Å². The second-order valence-electron chi connectivity index (χ2n) is 5.31. The number of rotatable bonds is 9. The third kappa shape index (κ3) is 5.76. The van der Waals surface area contributed by atoms with E-state index in [4.69, 9.17) is 10.5 Å². The first-order valence-corrected chi connectivity index (χ1v) is 7.89. The lowest BCUT2D eigenvalue weighted by atomic mass is 10.0. The van der Waals surface area contributed by atoms with Crippen LogP contribution in [0.1, 0.15) is 58.1 Å². The molecule has 1 aromatic carbocycles. The number of unbranched alkanes of at least 4 members (excludes halogenated alkanes) is 2. The lowest BCUT2D eigenvalue weighted by Gasteiger charge is -2.19. The smallest absolute Gasteiger partial charge is 0.260 e. The van der Waals surface area contributed by atoms with Gasteiger partial charge in [0.1, 0.15) is 5.75 Å². The number of nitrogens with one attached hydrogen (secondary N) is 1. The molecular weight excluding hydrogens is 264 g/mol. The number of hydrogen-bond acceptors (Lipinski definition) is 3. The minimum Gasteiger partial charge on any atom is -0.481 e. The summed E-state index contributed by atoms with van der Waals surface area (Å²) in [5.41, 5.74) is 7.03. The highest BCUT2D eigenvalue weighted by Gasteiger charge is 2.17. The van der Waals surface area contributed by atoms with Gasteiger partial charge in [-0.15, -0.1) is 0 Å². The summed E-state index contributed by atoms with van der Waals surface area (Å²) in [6, 6.07) is 7.59. The van der Waals surface area contributed by atoms with Crippen LogP contribution in [0.5, 0.6) is 5.75 Å². The molecule has 0 aromatic heterocycles. The van der Waals surface area contributed by atoms with Crippen molar-refractivity contribution in [3.05, 3.63) is 29.8 Å². The topological polar surface area (TPSA) is 64.3 Å². The second-order valence-corrected chi connectivity index (χ2v) is 5.31. The zero-order chi connectivity index (χ0) is 15.7. The molecule has 4 heteroatoms. The normalized spacial score (nSPS) is 13.5. The highest BCUT2D eigenvalue weighted by atomic mass is 16.5. The zero-order valence-electron chi connectivity index (χ0n) is 13.4. The summed E-state index contributed by atoms with van der Waals surface area (Å²) in [5.74, 6) is 0.619. The van der Waals surface area contributed by atoms with Crippen molar-refractivity contribution >= 4 is 5.91 Å². The summed E-state index contributed by atoms with van der Waals surface area (Å²) < 4.78 is 5.80. The van der Waals surface area contributed by atoms with Gasteiger partial charge < -0.3 is 15.8 Å². The fourth-order valence-corrected chi connectivity index (χ4v) is 2.09. The Balaban J connectivity index is 2.58. The molecule has 0 saturated carbocycles. The highest BCUT2D eigenvalue weighted by Crippen LogP contribution is 2.26. The first-order valence-electron chi connectivity index (χ1n) is 7.89. The van der Waals surface area contributed by atoms with Crippen molar-refractivity contribution in [3.63, 3.8) is 0 Å². The van der Waals surface area contributed by atoms with Crippen molar-refractivity contribution < 1.29 is 9.53 Å². The fraction of sp³-hybridized carbons (Fsp3) is 0.588. The Morgan fingerprint density at radius 2 is 2.00 bits per heavy atom. The number of benzene rings is 1. The average Bonchev–Trinajstić information content (AvgIpc) is 2.51. The molecule has 118 valence electrons. The van der Waals surface area contributed by atoms with Crippen molar-refractivity contribution in [2.75, 3.05) is 6.54 Å². The molecule has 2 atom stereocenters. The molecule has 1 amide bonds. The van der Waals surface area contributed by atoms with Gasteiger partial charge in [0.2, 0.25) is 0 Å². The quantitative estimate of drug-likeness (QED) is 0.687. The molecule has 0 fully saturated rings. The van der Waals surface area contributed by atoms with Crippen LogP contribution >= 0.6 is 0 Å². The van der Waals surface area contributed by atoms with Gasteiger partial charge in [-0.25, -0.2) is 0 Å². The Hall–Kier alpha value is -1.55. The third-order valence-corrected chi connectivity index (χ3v) is 3.51. The Morgan fingerprint density at radius 3 is 2.67 bits per heavy atom. The van der Waals surface area contributed by atoms with Gasteiger partial charge in [0.15, 0.2) is 6.10 Å². The summed E-state index contributed by atoms with van der Waals surface area (Å²) in [6.45, 7) is 6.65. The van der Waals surface area contributed by atoms with Gasteiger partial charge in [0, 0.05) is 18.2 Å². The predicted octanol–water partition coefficient (Wildman–Crippen LogP) is 3.17. The van der Waals surface area contributed by atoms with Gasteiger partial charge in [0.05, 0.1) is 0 Å². The first-order chi connectivity index (χ1) is 10.1. The molecule has 0 bridgehead atoms. The lowest BCUT2D eigenvalue weighted by Crippen LogP contribution is -2.37. The zero-order valence-corrected chi connectivity index (χ0v) is 13.4. The van der Waals surface area contributed by atoms with Crippen LogP contribution in [0.25, 0.3) is 0 Å². The summed E-state index contributed by atoms with van der Waals surface area (Å²) in [4.78, 5) is 12.0. The summed E-state index contributed by atoms with van der Waals surface area (Å²) >= 11 is 0. The predicted molar refractivity (Wildman–Crippen MR) is 86.3 cm³/mol. The third-order valence-electron chi connectivity index (χ3n) is 3.51. The molecule has 1 rings (SSSR count). The van der Waals surface area contributed by atoms with E-state index in [0.29, 0.717) is 12.3 Å². The molecule has 0 aliphatic carbocycles. The SMILES string of the molecule is CCCCCNC(=O)C(C)Oc1ccccc1[C@H](N)CC. The monoisotopic (exact) mass is 292 g/mol. The minimum atomic E-state index is -0.517. The van der Waals surface area contributed by atoms with Crippen LogP contribution in [0, 0.1) is 0 Å². The maximum Gasteiger partial charge on any atom is 0.260 e. The van der Waals surface area contributed by atoms with E-state index in [1.54, 1.807) is 6.92 Å². The van der Waals surface area contributed by atoms with Crippen LogP contribution < -0.4 is 15.8 Å². The van der Waals surface area contributed by atoms with Gasteiger partial charge in [-0.2, -0.15) is 0 Å². The number of nitrogens with two attached hydrogens (primary N) is 1. The van der Waals surface area contributed by atoms with Crippen molar-refractivity contribution in [2.24, 2.45) is 5.73 Å². The number of para-hydroxylation sites is 1. The van der Waals surface area contributed by atoms with E-state index in [9.17, 15) is 4.79 Å². The van der Waals surface area contributed by atoms with Crippen molar-refractivity contribution in [3.8, 4) is 5.75 Å². The molecular formula is C17H28N2O2. The van der Waals surface area contributed by atoms with Crippen molar-refractivity contribution in [1.29, 1.82) is 0 Å². The first kappa shape index (κ1) is 17.5. The molecule has 21 heavy (non-hydrogen) atoms. The Kier molecular flexibility index (Phi) is 7.83. The molecule has 0 saturated heterocycles. The van der Waals surface area contributed by atoms with E-state index in [0.717, 1.165) is 31.2 Å².